The van der Waals surface area contributed by atoms with Crippen LogP contribution in [0, 0.1) is 0 Å². The minimum absolute atomic E-state index is 0.179. The first kappa shape index (κ1) is 16.7. The molecule has 1 aromatic carbocycles. The second kappa shape index (κ2) is 7.61. The van der Waals surface area contributed by atoms with Gasteiger partial charge in [-0.25, -0.2) is 0 Å². The monoisotopic (exact) mass is 336 g/mol. The summed E-state index contributed by atoms with van der Waals surface area (Å²) in [6, 6.07) is 15.0. The number of aryl methyl sites for hydroxylation is 1. The molecule has 0 aliphatic carbocycles. The fraction of sp³-hybridized carbons (Fsp3) is 0.211. The van der Waals surface area contributed by atoms with Gasteiger partial charge in [-0.2, -0.15) is 5.10 Å². The van der Waals surface area contributed by atoms with Crippen LogP contribution in [0.1, 0.15) is 23.1 Å². The van der Waals surface area contributed by atoms with Crippen molar-refractivity contribution in [2.24, 2.45) is 0 Å². The zero-order chi connectivity index (χ0) is 17.6. The second-order valence-corrected chi connectivity index (χ2v) is 5.43. The normalized spacial score (nSPS) is 10.5. The molecule has 0 aliphatic heterocycles. The number of pyridine rings is 1. The van der Waals surface area contributed by atoms with Crippen molar-refractivity contribution >= 4 is 5.91 Å². The molecule has 0 saturated carbocycles. The summed E-state index contributed by atoms with van der Waals surface area (Å²) in [4.78, 5) is 16.8. The Morgan fingerprint density at radius 3 is 2.72 bits per heavy atom. The van der Waals surface area contributed by atoms with Gasteiger partial charge in [0.1, 0.15) is 11.4 Å². The smallest absolute Gasteiger partial charge is 0.269 e. The Labute approximate surface area is 146 Å². The molecule has 25 heavy (non-hydrogen) atoms. The van der Waals surface area contributed by atoms with Crippen LogP contribution in [0.2, 0.25) is 0 Å². The van der Waals surface area contributed by atoms with E-state index in [0.29, 0.717) is 24.5 Å². The zero-order valence-electron chi connectivity index (χ0n) is 14.3. The quantitative estimate of drug-likeness (QED) is 0.751. The van der Waals surface area contributed by atoms with Crippen LogP contribution in [-0.4, -0.2) is 27.8 Å². The van der Waals surface area contributed by atoms with Crippen molar-refractivity contribution in [2.75, 3.05) is 7.11 Å². The number of amides is 1. The maximum Gasteiger partial charge on any atom is 0.269 e. The van der Waals surface area contributed by atoms with Gasteiger partial charge in [-0.15, -0.1) is 0 Å². The first-order chi connectivity index (χ1) is 12.2. The Balaban J connectivity index is 1.84. The summed E-state index contributed by atoms with van der Waals surface area (Å²) in [5, 5.41) is 7.43. The third-order valence-corrected chi connectivity index (χ3v) is 3.85. The van der Waals surface area contributed by atoms with E-state index in [9.17, 15) is 4.79 Å². The molecule has 2 heterocycles. The number of para-hydroxylation sites is 1. The van der Waals surface area contributed by atoms with Crippen LogP contribution in [0.3, 0.4) is 0 Å². The van der Waals surface area contributed by atoms with Crippen LogP contribution in [-0.2, 0) is 13.1 Å². The highest BCUT2D eigenvalue weighted by Crippen LogP contribution is 2.29. The molecule has 6 heteroatoms. The second-order valence-electron chi connectivity index (χ2n) is 5.43. The van der Waals surface area contributed by atoms with Crippen molar-refractivity contribution in [1.82, 2.24) is 20.1 Å². The standard InChI is InChI=1S/C19H20N4O2/c1-3-23-17(19(24)21-13-14-8-6-7-11-20-14)12-16(22-23)15-9-4-5-10-18(15)25-2/h4-12H,3,13H2,1-2H3,(H,21,24). The van der Waals surface area contributed by atoms with Crippen molar-refractivity contribution in [3.05, 3.63) is 66.1 Å². The van der Waals surface area contributed by atoms with E-state index in [0.717, 1.165) is 17.0 Å². The van der Waals surface area contributed by atoms with E-state index in [-0.39, 0.29) is 5.91 Å². The number of benzene rings is 1. The van der Waals surface area contributed by atoms with E-state index >= 15 is 0 Å². The third kappa shape index (κ3) is 3.68. The van der Waals surface area contributed by atoms with Gasteiger partial charge in [0.05, 0.1) is 25.0 Å². The number of hydrogen-bond acceptors (Lipinski definition) is 4. The van der Waals surface area contributed by atoms with Gasteiger partial charge in [0, 0.05) is 18.3 Å². The van der Waals surface area contributed by atoms with Crippen molar-refractivity contribution in [3.63, 3.8) is 0 Å². The SMILES string of the molecule is CCn1nc(-c2ccccc2OC)cc1C(=O)NCc1ccccn1. The zero-order valence-corrected chi connectivity index (χ0v) is 14.3. The number of rotatable bonds is 6. The van der Waals surface area contributed by atoms with Crippen molar-refractivity contribution in [1.29, 1.82) is 0 Å². The van der Waals surface area contributed by atoms with E-state index in [2.05, 4.69) is 15.4 Å². The lowest BCUT2D eigenvalue weighted by atomic mass is 10.1. The molecule has 0 aliphatic rings. The third-order valence-electron chi connectivity index (χ3n) is 3.85. The molecule has 0 radical (unpaired) electrons. The summed E-state index contributed by atoms with van der Waals surface area (Å²) in [5.41, 5.74) is 2.89. The van der Waals surface area contributed by atoms with Gasteiger partial charge in [-0.05, 0) is 37.3 Å². The molecular weight excluding hydrogens is 316 g/mol. The number of carbonyl (C=O) groups is 1. The number of hydrogen-bond donors (Lipinski definition) is 1. The molecule has 2 aromatic heterocycles. The fourth-order valence-electron chi connectivity index (χ4n) is 2.59. The number of ether oxygens (including phenoxy) is 1. The van der Waals surface area contributed by atoms with Gasteiger partial charge >= 0.3 is 0 Å². The Bertz CT molecular complexity index is 859. The molecule has 0 fully saturated rings. The lowest BCUT2D eigenvalue weighted by Gasteiger charge is -2.06. The molecule has 0 spiro atoms. The van der Waals surface area contributed by atoms with Gasteiger partial charge in [-0.1, -0.05) is 18.2 Å². The van der Waals surface area contributed by atoms with Gasteiger partial charge in [-0.3, -0.25) is 14.5 Å². The maximum atomic E-state index is 12.6. The first-order valence-corrected chi connectivity index (χ1v) is 8.12. The molecule has 0 unspecified atom stereocenters. The molecule has 1 amide bonds. The van der Waals surface area contributed by atoms with Crippen LogP contribution in [0.25, 0.3) is 11.3 Å². The molecular formula is C19H20N4O2. The summed E-state index contributed by atoms with van der Waals surface area (Å²) in [7, 11) is 1.62. The number of carbonyl (C=O) groups excluding carboxylic acids is 1. The highest BCUT2D eigenvalue weighted by molar-refractivity contribution is 5.93. The minimum atomic E-state index is -0.179. The van der Waals surface area contributed by atoms with Gasteiger partial charge in [0.25, 0.3) is 5.91 Å². The van der Waals surface area contributed by atoms with Crippen LogP contribution >= 0.6 is 0 Å². The molecule has 128 valence electrons. The van der Waals surface area contributed by atoms with E-state index in [1.807, 2.05) is 49.4 Å². The van der Waals surface area contributed by atoms with E-state index in [1.165, 1.54) is 0 Å². The number of methoxy groups -OCH3 is 1. The minimum Gasteiger partial charge on any atom is -0.496 e. The lowest BCUT2D eigenvalue weighted by Crippen LogP contribution is -2.26. The van der Waals surface area contributed by atoms with Crippen molar-refractivity contribution in [3.8, 4) is 17.0 Å². The summed E-state index contributed by atoms with van der Waals surface area (Å²) >= 11 is 0. The Morgan fingerprint density at radius 2 is 2.00 bits per heavy atom. The van der Waals surface area contributed by atoms with Gasteiger partial charge in [0.2, 0.25) is 0 Å². The molecule has 0 bridgehead atoms. The van der Waals surface area contributed by atoms with Crippen molar-refractivity contribution < 1.29 is 9.53 Å². The molecule has 0 atom stereocenters. The lowest BCUT2D eigenvalue weighted by molar-refractivity contribution is 0.0939. The largest absolute Gasteiger partial charge is 0.496 e. The Morgan fingerprint density at radius 1 is 1.20 bits per heavy atom. The van der Waals surface area contributed by atoms with Crippen LogP contribution in [0.5, 0.6) is 5.75 Å². The van der Waals surface area contributed by atoms with E-state index in [4.69, 9.17) is 4.74 Å². The van der Waals surface area contributed by atoms with Crippen LogP contribution < -0.4 is 10.1 Å². The maximum absolute atomic E-state index is 12.6. The van der Waals surface area contributed by atoms with Gasteiger partial charge in [0.15, 0.2) is 0 Å². The molecule has 3 rings (SSSR count). The predicted molar refractivity (Wildman–Crippen MR) is 95.3 cm³/mol. The highest BCUT2D eigenvalue weighted by Gasteiger charge is 2.17. The van der Waals surface area contributed by atoms with E-state index < -0.39 is 0 Å². The molecule has 6 nitrogen and oxygen atoms in total. The average molecular weight is 336 g/mol. The summed E-state index contributed by atoms with van der Waals surface area (Å²) in [6.07, 6.45) is 1.71. The molecule has 1 N–H and O–H groups in total. The van der Waals surface area contributed by atoms with Crippen LogP contribution in [0.4, 0.5) is 0 Å². The van der Waals surface area contributed by atoms with E-state index in [1.54, 1.807) is 24.1 Å². The number of aromatic nitrogens is 3. The summed E-state index contributed by atoms with van der Waals surface area (Å²) < 4.78 is 7.08. The van der Waals surface area contributed by atoms with Crippen molar-refractivity contribution in [2.45, 2.75) is 20.0 Å². The fourth-order valence-corrected chi connectivity index (χ4v) is 2.59. The van der Waals surface area contributed by atoms with Gasteiger partial charge < -0.3 is 10.1 Å². The first-order valence-electron chi connectivity index (χ1n) is 8.12. The molecule has 0 saturated heterocycles. The topological polar surface area (TPSA) is 69.0 Å². The Hall–Kier alpha value is -3.15. The number of nitrogens with zero attached hydrogens (tertiary/aromatic N) is 3. The predicted octanol–water partition coefficient (Wildman–Crippen LogP) is 2.90. The summed E-state index contributed by atoms with van der Waals surface area (Å²) in [6.45, 7) is 2.93. The molecule has 3 aromatic rings. The number of nitrogens with one attached hydrogen (secondary N) is 1. The Kier molecular flexibility index (Phi) is 5.09. The van der Waals surface area contributed by atoms with Crippen LogP contribution in [0.15, 0.2) is 54.7 Å². The average Bonchev–Trinajstić information content (AvgIpc) is 3.11. The highest BCUT2D eigenvalue weighted by atomic mass is 16.5. The summed E-state index contributed by atoms with van der Waals surface area (Å²) in [5.74, 6) is 0.546.